The predicted octanol–water partition coefficient (Wildman–Crippen LogP) is 3.08. The van der Waals surface area contributed by atoms with Gasteiger partial charge in [0.05, 0.1) is 17.6 Å². The summed E-state index contributed by atoms with van der Waals surface area (Å²) in [6, 6.07) is 12.3. The smallest absolute Gasteiger partial charge is 0.0806 e. The third-order valence-corrected chi connectivity index (χ3v) is 2.72. The Hall–Kier alpha value is -1.80. The molecule has 0 heterocycles. The molecule has 76 valence electrons. The number of aryl methyl sites for hydroxylation is 1. The quantitative estimate of drug-likeness (QED) is 0.749. The average molecular weight is 198 g/mol. The van der Waals surface area contributed by atoms with Crippen LogP contribution in [-0.2, 0) is 5.41 Å². The summed E-state index contributed by atoms with van der Waals surface area (Å²) in [4.78, 5) is 0. The summed E-state index contributed by atoms with van der Waals surface area (Å²) in [6.45, 7) is 3.89. The molecule has 2 heteroatoms. The Morgan fingerprint density at radius 3 is 2.47 bits per heavy atom. The Kier molecular flexibility index (Phi) is 3.47. The second-order valence-corrected chi connectivity index (χ2v) is 3.92. The van der Waals surface area contributed by atoms with Crippen molar-refractivity contribution in [2.45, 2.75) is 32.1 Å². The SMILES string of the molecule is Cc1ccccc1C(C)(C#N)CCC#N. The van der Waals surface area contributed by atoms with Gasteiger partial charge in [-0.15, -0.1) is 0 Å². The topological polar surface area (TPSA) is 47.6 Å². The van der Waals surface area contributed by atoms with E-state index in [1.807, 2.05) is 38.1 Å². The van der Waals surface area contributed by atoms with Crippen molar-refractivity contribution in [2.24, 2.45) is 0 Å². The second-order valence-electron chi connectivity index (χ2n) is 3.92. The summed E-state index contributed by atoms with van der Waals surface area (Å²) < 4.78 is 0. The number of hydrogen-bond donors (Lipinski definition) is 0. The van der Waals surface area contributed by atoms with Crippen molar-refractivity contribution in [1.29, 1.82) is 10.5 Å². The van der Waals surface area contributed by atoms with Crippen molar-refractivity contribution in [2.75, 3.05) is 0 Å². The molecule has 15 heavy (non-hydrogen) atoms. The fourth-order valence-electron chi connectivity index (χ4n) is 1.75. The molecule has 0 aliphatic rings. The van der Waals surface area contributed by atoms with Gasteiger partial charge in [0, 0.05) is 6.42 Å². The summed E-state index contributed by atoms with van der Waals surface area (Å²) in [7, 11) is 0. The molecule has 0 saturated carbocycles. The van der Waals surface area contributed by atoms with E-state index in [0.29, 0.717) is 12.8 Å². The molecule has 0 radical (unpaired) electrons. The Morgan fingerprint density at radius 2 is 1.93 bits per heavy atom. The third kappa shape index (κ3) is 2.36. The van der Waals surface area contributed by atoms with Gasteiger partial charge in [-0.3, -0.25) is 0 Å². The molecule has 1 rings (SSSR count). The molecule has 0 amide bonds. The van der Waals surface area contributed by atoms with Crippen LogP contribution in [0.2, 0.25) is 0 Å². The summed E-state index contributed by atoms with van der Waals surface area (Å²) >= 11 is 0. The van der Waals surface area contributed by atoms with Gasteiger partial charge in [0.2, 0.25) is 0 Å². The molecule has 0 N–H and O–H groups in total. The molecule has 0 fully saturated rings. The molecule has 0 aliphatic carbocycles. The van der Waals surface area contributed by atoms with Crippen molar-refractivity contribution in [3.8, 4) is 12.1 Å². The van der Waals surface area contributed by atoms with Gasteiger partial charge in [-0.1, -0.05) is 24.3 Å². The lowest BCUT2D eigenvalue weighted by Crippen LogP contribution is -2.20. The van der Waals surface area contributed by atoms with Crippen molar-refractivity contribution in [3.63, 3.8) is 0 Å². The molecule has 0 spiro atoms. The average Bonchev–Trinajstić information content (AvgIpc) is 2.26. The zero-order valence-electron chi connectivity index (χ0n) is 9.12. The molecule has 0 aromatic heterocycles. The lowest BCUT2D eigenvalue weighted by Gasteiger charge is -2.22. The highest BCUT2D eigenvalue weighted by atomic mass is 14.4. The molecule has 0 saturated heterocycles. The molecule has 1 atom stereocenters. The van der Waals surface area contributed by atoms with E-state index in [0.717, 1.165) is 11.1 Å². The van der Waals surface area contributed by atoms with E-state index in [9.17, 15) is 5.26 Å². The van der Waals surface area contributed by atoms with E-state index in [2.05, 4.69) is 12.1 Å². The molecular formula is C13H14N2. The number of hydrogen-bond acceptors (Lipinski definition) is 2. The van der Waals surface area contributed by atoms with Crippen molar-refractivity contribution in [1.82, 2.24) is 0 Å². The Labute approximate surface area is 90.8 Å². The zero-order valence-corrected chi connectivity index (χ0v) is 9.12. The minimum Gasteiger partial charge on any atom is -0.198 e. The van der Waals surface area contributed by atoms with Crippen LogP contribution >= 0.6 is 0 Å². The summed E-state index contributed by atoms with van der Waals surface area (Å²) in [5.41, 5.74) is 1.60. The van der Waals surface area contributed by atoms with Crippen LogP contribution in [0, 0.1) is 29.6 Å². The zero-order chi connectivity index (χ0) is 11.3. The molecule has 0 aliphatic heterocycles. The first-order valence-corrected chi connectivity index (χ1v) is 4.98. The third-order valence-electron chi connectivity index (χ3n) is 2.72. The fourth-order valence-corrected chi connectivity index (χ4v) is 1.75. The number of nitrogens with zero attached hydrogens (tertiary/aromatic N) is 2. The molecule has 1 aromatic carbocycles. The van der Waals surface area contributed by atoms with Crippen LogP contribution in [0.4, 0.5) is 0 Å². The largest absolute Gasteiger partial charge is 0.198 e. The van der Waals surface area contributed by atoms with Crippen LogP contribution in [0.15, 0.2) is 24.3 Å². The van der Waals surface area contributed by atoms with Crippen molar-refractivity contribution < 1.29 is 0 Å². The lowest BCUT2D eigenvalue weighted by molar-refractivity contribution is 0.559. The van der Waals surface area contributed by atoms with E-state index in [1.165, 1.54) is 0 Å². The molecule has 1 unspecified atom stereocenters. The number of benzene rings is 1. The lowest BCUT2D eigenvalue weighted by atomic mass is 9.78. The van der Waals surface area contributed by atoms with E-state index in [1.54, 1.807) is 0 Å². The van der Waals surface area contributed by atoms with Crippen LogP contribution in [0.3, 0.4) is 0 Å². The van der Waals surface area contributed by atoms with Crippen LogP contribution in [0.25, 0.3) is 0 Å². The summed E-state index contributed by atoms with van der Waals surface area (Å²) in [6.07, 6.45) is 1.00. The molecule has 1 aromatic rings. The van der Waals surface area contributed by atoms with E-state index < -0.39 is 5.41 Å². The number of nitriles is 2. The molecular weight excluding hydrogens is 184 g/mol. The maximum atomic E-state index is 9.23. The van der Waals surface area contributed by atoms with Gasteiger partial charge in [0.25, 0.3) is 0 Å². The van der Waals surface area contributed by atoms with E-state index in [4.69, 9.17) is 5.26 Å². The van der Waals surface area contributed by atoms with Gasteiger partial charge in [0.1, 0.15) is 0 Å². The fraction of sp³-hybridized carbons (Fsp3) is 0.385. The first kappa shape index (κ1) is 11.3. The Morgan fingerprint density at radius 1 is 1.27 bits per heavy atom. The first-order valence-electron chi connectivity index (χ1n) is 4.98. The maximum Gasteiger partial charge on any atom is 0.0806 e. The van der Waals surface area contributed by atoms with E-state index in [-0.39, 0.29) is 0 Å². The van der Waals surface area contributed by atoms with Gasteiger partial charge in [-0.05, 0) is 31.4 Å². The van der Waals surface area contributed by atoms with Gasteiger partial charge < -0.3 is 0 Å². The maximum absolute atomic E-state index is 9.23. The van der Waals surface area contributed by atoms with Gasteiger partial charge in [0.15, 0.2) is 0 Å². The standard InChI is InChI=1S/C13H14N2/c1-11-6-3-4-7-12(11)13(2,10-15)8-5-9-14/h3-4,6-7H,5,8H2,1-2H3. The molecule has 0 bridgehead atoms. The number of rotatable bonds is 3. The minimum atomic E-state index is -0.541. The second kappa shape index (κ2) is 4.62. The normalized spacial score (nSPS) is 13.6. The van der Waals surface area contributed by atoms with Crippen molar-refractivity contribution >= 4 is 0 Å². The van der Waals surface area contributed by atoms with Crippen LogP contribution < -0.4 is 0 Å². The highest BCUT2D eigenvalue weighted by Gasteiger charge is 2.27. The minimum absolute atomic E-state index is 0.415. The van der Waals surface area contributed by atoms with Crippen LogP contribution in [0.5, 0.6) is 0 Å². The van der Waals surface area contributed by atoms with Crippen LogP contribution in [-0.4, -0.2) is 0 Å². The Bertz CT molecular complexity index is 423. The van der Waals surface area contributed by atoms with E-state index >= 15 is 0 Å². The predicted molar refractivity (Wildman–Crippen MR) is 59.0 cm³/mol. The van der Waals surface area contributed by atoms with Crippen molar-refractivity contribution in [3.05, 3.63) is 35.4 Å². The van der Waals surface area contributed by atoms with Gasteiger partial charge in [-0.2, -0.15) is 10.5 Å². The molecule has 2 nitrogen and oxygen atoms in total. The summed E-state index contributed by atoms with van der Waals surface area (Å²) in [5, 5.41) is 17.8. The highest BCUT2D eigenvalue weighted by Crippen LogP contribution is 2.30. The monoisotopic (exact) mass is 198 g/mol. The van der Waals surface area contributed by atoms with Crippen LogP contribution in [0.1, 0.15) is 30.9 Å². The highest BCUT2D eigenvalue weighted by molar-refractivity contribution is 5.37. The van der Waals surface area contributed by atoms with Gasteiger partial charge in [-0.25, -0.2) is 0 Å². The van der Waals surface area contributed by atoms with Gasteiger partial charge >= 0.3 is 0 Å². The first-order chi connectivity index (χ1) is 7.14. The summed E-state index contributed by atoms with van der Waals surface area (Å²) in [5.74, 6) is 0. The Balaban J connectivity index is 3.08.